The molecule has 0 nitrogen and oxygen atoms in total. The van der Waals surface area contributed by atoms with Crippen molar-refractivity contribution in [1.82, 2.24) is 0 Å². The molecule has 1 aromatic carbocycles. The highest BCUT2D eigenvalue weighted by Gasteiger charge is 2.07. The van der Waals surface area contributed by atoms with Crippen molar-refractivity contribution >= 4 is 0 Å². The SMILES string of the molecule is CC.CCC(C)CC(C)Cc1ccc(C)cc1. The van der Waals surface area contributed by atoms with E-state index in [-0.39, 0.29) is 0 Å². The maximum Gasteiger partial charge on any atom is -0.0253 e. The van der Waals surface area contributed by atoms with Crippen LogP contribution in [0.2, 0.25) is 0 Å². The van der Waals surface area contributed by atoms with E-state index in [4.69, 9.17) is 0 Å². The van der Waals surface area contributed by atoms with Gasteiger partial charge in [-0.25, -0.2) is 0 Å². The minimum absolute atomic E-state index is 0.808. The molecule has 0 N–H and O–H groups in total. The summed E-state index contributed by atoms with van der Waals surface area (Å²) in [5, 5.41) is 0. The Balaban J connectivity index is 0.00000121. The van der Waals surface area contributed by atoms with E-state index < -0.39 is 0 Å². The van der Waals surface area contributed by atoms with Crippen molar-refractivity contribution in [1.29, 1.82) is 0 Å². The van der Waals surface area contributed by atoms with Crippen LogP contribution >= 0.6 is 0 Å². The van der Waals surface area contributed by atoms with Gasteiger partial charge in [-0.2, -0.15) is 0 Å². The van der Waals surface area contributed by atoms with Gasteiger partial charge in [0.2, 0.25) is 0 Å². The molecular formula is C17H30. The fourth-order valence-electron chi connectivity index (χ4n) is 2.06. The van der Waals surface area contributed by atoms with E-state index in [0.29, 0.717) is 0 Å². The van der Waals surface area contributed by atoms with Gasteiger partial charge in [0.1, 0.15) is 0 Å². The van der Waals surface area contributed by atoms with Crippen molar-refractivity contribution in [3.63, 3.8) is 0 Å². The smallest absolute Gasteiger partial charge is 0.0253 e. The van der Waals surface area contributed by atoms with Gasteiger partial charge in [-0.05, 0) is 37.2 Å². The summed E-state index contributed by atoms with van der Waals surface area (Å²) in [6, 6.07) is 8.96. The van der Waals surface area contributed by atoms with E-state index in [1.807, 2.05) is 13.8 Å². The van der Waals surface area contributed by atoms with E-state index in [9.17, 15) is 0 Å². The van der Waals surface area contributed by atoms with Gasteiger partial charge in [0.15, 0.2) is 0 Å². The first kappa shape index (κ1) is 16.2. The van der Waals surface area contributed by atoms with Crippen molar-refractivity contribution in [2.24, 2.45) is 11.8 Å². The second-order valence-electron chi connectivity index (χ2n) is 5.04. The Bertz CT molecular complexity index is 271. The van der Waals surface area contributed by atoms with Crippen LogP contribution in [0.5, 0.6) is 0 Å². The fraction of sp³-hybridized carbons (Fsp3) is 0.647. The summed E-state index contributed by atoms with van der Waals surface area (Å²) in [5.74, 6) is 1.67. The number of hydrogen-bond acceptors (Lipinski definition) is 0. The van der Waals surface area contributed by atoms with Crippen molar-refractivity contribution in [2.45, 2.75) is 60.8 Å². The Hall–Kier alpha value is -0.780. The molecule has 1 rings (SSSR count). The highest BCUT2D eigenvalue weighted by molar-refractivity contribution is 5.21. The Morgan fingerprint density at radius 2 is 1.47 bits per heavy atom. The zero-order valence-corrected chi connectivity index (χ0v) is 12.6. The van der Waals surface area contributed by atoms with E-state index in [1.54, 1.807) is 0 Å². The van der Waals surface area contributed by atoms with Gasteiger partial charge >= 0.3 is 0 Å². The number of aryl methyl sites for hydroxylation is 1. The molecule has 0 heteroatoms. The summed E-state index contributed by atoms with van der Waals surface area (Å²) < 4.78 is 0. The van der Waals surface area contributed by atoms with E-state index in [0.717, 1.165) is 11.8 Å². The average molecular weight is 234 g/mol. The third kappa shape index (κ3) is 7.20. The van der Waals surface area contributed by atoms with Crippen LogP contribution in [0, 0.1) is 18.8 Å². The molecular weight excluding hydrogens is 204 g/mol. The Kier molecular flexibility index (Phi) is 8.85. The second kappa shape index (κ2) is 9.27. The van der Waals surface area contributed by atoms with Gasteiger partial charge in [0.25, 0.3) is 0 Å². The Labute approximate surface area is 108 Å². The average Bonchev–Trinajstić information content (AvgIpc) is 2.34. The van der Waals surface area contributed by atoms with E-state index in [2.05, 4.69) is 52.0 Å². The lowest BCUT2D eigenvalue weighted by Gasteiger charge is -2.15. The zero-order chi connectivity index (χ0) is 13.3. The van der Waals surface area contributed by atoms with Crippen molar-refractivity contribution < 1.29 is 0 Å². The molecule has 0 fully saturated rings. The number of rotatable bonds is 5. The topological polar surface area (TPSA) is 0 Å². The molecule has 0 aliphatic rings. The highest BCUT2D eigenvalue weighted by Crippen LogP contribution is 2.19. The first-order valence-electron chi connectivity index (χ1n) is 7.17. The molecule has 0 aliphatic heterocycles. The van der Waals surface area contributed by atoms with Crippen molar-refractivity contribution in [3.05, 3.63) is 35.4 Å². The molecule has 17 heavy (non-hydrogen) atoms. The molecule has 0 bridgehead atoms. The first-order chi connectivity index (χ1) is 8.11. The van der Waals surface area contributed by atoms with Crippen LogP contribution in [0.1, 0.15) is 58.6 Å². The van der Waals surface area contributed by atoms with Gasteiger partial charge in [0.05, 0.1) is 0 Å². The minimum Gasteiger partial charge on any atom is -0.0683 e. The van der Waals surface area contributed by atoms with Crippen molar-refractivity contribution in [3.8, 4) is 0 Å². The van der Waals surface area contributed by atoms with E-state index in [1.165, 1.54) is 30.4 Å². The summed E-state index contributed by atoms with van der Waals surface area (Å²) in [6.45, 7) is 13.1. The predicted octanol–water partition coefficient (Wildman–Crippen LogP) is 5.64. The summed E-state index contributed by atoms with van der Waals surface area (Å²) in [5.41, 5.74) is 2.84. The molecule has 0 saturated heterocycles. The monoisotopic (exact) mass is 234 g/mol. The third-order valence-corrected chi connectivity index (χ3v) is 3.21. The summed E-state index contributed by atoms with van der Waals surface area (Å²) >= 11 is 0. The maximum absolute atomic E-state index is 2.37. The summed E-state index contributed by atoms with van der Waals surface area (Å²) in [7, 11) is 0. The molecule has 0 spiro atoms. The van der Waals surface area contributed by atoms with Crippen LogP contribution in [0.15, 0.2) is 24.3 Å². The Morgan fingerprint density at radius 1 is 0.941 bits per heavy atom. The normalized spacial score (nSPS) is 13.5. The molecule has 0 aromatic heterocycles. The van der Waals surface area contributed by atoms with Crippen LogP contribution in [-0.4, -0.2) is 0 Å². The standard InChI is InChI=1S/C15H24.C2H6/c1-5-12(2)10-14(4)11-15-8-6-13(3)7-9-15;1-2/h6-9,12,14H,5,10-11H2,1-4H3;1-2H3. The molecule has 98 valence electrons. The van der Waals surface area contributed by atoms with Crippen LogP contribution in [0.25, 0.3) is 0 Å². The van der Waals surface area contributed by atoms with Crippen LogP contribution in [0.4, 0.5) is 0 Å². The second-order valence-corrected chi connectivity index (χ2v) is 5.04. The molecule has 0 saturated carbocycles. The Morgan fingerprint density at radius 3 is 1.94 bits per heavy atom. The number of benzene rings is 1. The lowest BCUT2D eigenvalue weighted by atomic mass is 9.90. The first-order valence-corrected chi connectivity index (χ1v) is 7.17. The summed E-state index contributed by atoms with van der Waals surface area (Å²) in [6.07, 6.45) is 3.88. The van der Waals surface area contributed by atoms with Gasteiger partial charge < -0.3 is 0 Å². The lowest BCUT2D eigenvalue weighted by Crippen LogP contribution is -2.05. The molecule has 2 atom stereocenters. The third-order valence-electron chi connectivity index (χ3n) is 3.21. The molecule has 2 unspecified atom stereocenters. The predicted molar refractivity (Wildman–Crippen MR) is 79.5 cm³/mol. The van der Waals surface area contributed by atoms with Gasteiger partial charge in [-0.1, -0.05) is 70.9 Å². The van der Waals surface area contributed by atoms with Crippen molar-refractivity contribution in [2.75, 3.05) is 0 Å². The quantitative estimate of drug-likeness (QED) is 0.619. The molecule has 0 heterocycles. The van der Waals surface area contributed by atoms with Crippen LogP contribution < -0.4 is 0 Å². The fourth-order valence-corrected chi connectivity index (χ4v) is 2.06. The largest absolute Gasteiger partial charge is 0.0683 e. The van der Waals surface area contributed by atoms with Gasteiger partial charge in [0, 0.05) is 0 Å². The zero-order valence-electron chi connectivity index (χ0n) is 12.6. The highest BCUT2D eigenvalue weighted by atomic mass is 14.1. The van der Waals surface area contributed by atoms with Gasteiger partial charge in [-0.3, -0.25) is 0 Å². The molecule has 0 radical (unpaired) electrons. The molecule has 0 amide bonds. The summed E-state index contributed by atoms with van der Waals surface area (Å²) in [4.78, 5) is 0. The maximum atomic E-state index is 2.37. The molecule has 0 aliphatic carbocycles. The molecule has 1 aromatic rings. The minimum atomic E-state index is 0.808. The van der Waals surface area contributed by atoms with Crippen LogP contribution in [0.3, 0.4) is 0 Å². The number of hydrogen-bond donors (Lipinski definition) is 0. The lowest BCUT2D eigenvalue weighted by molar-refractivity contribution is 0.404. The van der Waals surface area contributed by atoms with E-state index >= 15 is 0 Å². The van der Waals surface area contributed by atoms with Gasteiger partial charge in [-0.15, -0.1) is 0 Å². The van der Waals surface area contributed by atoms with Crippen LogP contribution in [-0.2, 0) is 6.42 Å².